The maximum absolute atomic E-state index is 12.8. The quantitative estimate of drug-likeness (QED) is 0.150. The van der Waals surface area contributed by atoms with Crippen LogP contribution < -0.4 is 4.90 Å². The minimum atomic E-state index is -0.326. The molecule has 1 N–H and O–H groups in total. The van der Waals surface area contributed by atoms with Crippen LogP contribution >= 0.6 is 136 Å². The predicted molar refractivity (Wildman–Crippen MR) is 187 cm³/mol. The van der Waals surface area contributed by atoms with Gasteiger partial charge >= 0.3 is 11.9 Å². The molecule has 0 aliphatic rings. The summed E-state index contributed by atoms with van der Waals surface area (Å²) in [5.41, 5.74) is 2.24. The minimum absolute atomic E-state index is 0.252. The first-order chi connectivity index (χ1) is 16.7. The molecule has 0 aliphatic carbocycles. The topological polar surface area (TPSA) is 57.0 Å². The number of para-hydroxylation sites is 1. The molecule has 0 amide bonds. The summed E-state index contributed by atoms with van der Waals surface area (Å²) in [7, 11) is 0. The lowest BCUT2D eigenvalue weighted by molar-refractivity contribution is -0.833. The van der Waals surface area contributed by atoms with Crippen LogP contribution in [-0.2, 0) is 9.47 Å². The van der Waals surface area contributed by atoms with E-state index in [0.29, 0.717) is 24.2 Å². The standard InChI is InChI=1S/C24H17I6NO4/c25-14-12-16(21(29)19(28)13-14)23(32)34-10-8-31(15-4-2-1-3-5-15)9-11-35-24(33)20-17(26)6-7-18(27)22(20)30/h1-7,12-13H,8-11H2/p+1. The number of carbonyl (C=O) groups excluding carboxylic acids is 2. The molecule has 3 aromatic carbocycles. The van der Waals surface area contributed by atoms with E-state index >= 15 is 0 Å². The fourth-order valence-corrected chi connectivity index (χ4v) is 7.89. The van der Waals surface area contributed by atoms with Crippen LogP contribution in [0.2, 0.25) is 0 Å². The molecule has 1 atom stereocenters. The Balaban J connectivity index is 1.63. The number of halogens is 6. The number of quaternary nitrogens is 1. The van der Waals surface area contributed by atoms with Gasteiger partial charge in [0.25, 0.3) is 0 Å². The first kappa shape index (κ1) is 30.5. The second-order valence-corrected chi connectivity index (χ2v) is 14.1. The molecular formula is C24H18I6NO4+. The van der Waals surface area contributed by atoms with Crippen molar-refractivity contribution >= 4 is 153 Å². The first-order valence-corrected chi connectivity index (χ1v) is 16.7. The van der Waals surface area contributed by atoms with Gasteiger partial charge in [-0.1, -0.05) is 18.2 Å². The fraction of sp³-hybridized carbons (Fsp3) is 0.167. The lowest BCUT2D eigenvalue weighted by atomic mass is 10.2. The van der Waals surface area contributed by atoms with Crippen molar-refractivity contribution in [2.75, 3.05) is 26.3 Å². The third-order valence-corrected chi connectivity index (χ3v) is 12.5. The van der Waals surface area contributed by atoms with Gasteiger partial charge in [0.05, 0.1) is 11.1 Å². The van der Waals surface area contributed by atoms with E-state index in [2.05, 4.69) is 136 Å². The number of ether oxygens (including phenoxy) is 2. The van der Waals surface area contributed by atoms with E-state index < -0.39 is 0 Å². The van der Waals surface area contributed by atoms with Crippen LogP contribution in [0.3, 0.4) is 0 Å². The molecular weight excluding hydrogens is 1130 g/mol. The highest BCUT2D eigenvalue weighted by Gasteiger charge is 2.20. The van der Waals surface area contributed by atoms with Gasteiger partial charge in [-0.2, -0.15) is 0 Å². The van der Waals surface area contributed by atoms with Crippen LogP contribution in [0.5, 0.6) is 0 Å². The molecule has 0 heterocycles. The summed E-state index contributed by atoms with van der Waals surface area (Å²) in [6.07, 6.45) is 0. The lowest BCUT2D eigenvalue weighted by Gasteiger charge is -2.19. The predicted octanol–water partition coefficient (Wildman–Crippen LogP) is 6.54. The van der Waals surface area contributed by atoms with E-state index in [1.807, 2.05) is 54.6 Å². The summed E-state index contributed by atoms with van der Waals surface area (Å²) in [6, 6.07) is 17.7. The van der Waals surface area contributed by atoms with Gasteiger partial charge in [-0.25, -0.2) is 9.59 Å². The Morgan fingerprint density at radius 2 is 1.29 bits per heavy atom. The molecule has 0 fully saturated rings. The molecule has 1 unspecified atom stereocenters. The highest BCUT2D eigenvalue weighted by atomic mass is 127. The van der Waals surface area contributed by atoms with Crippen molar-refractivity contribution in [3.05, 3.63) is 87.1 Å². The molecule has 0 aromatic heterocycles. The molecule has 0 radical (unpaired) electrons. The van der Waals surface area contributed by atoms with Crippen molar-refractivity contribution in [1.29, 1.82) is 0 Å². The highest BCUT2D eigenvalue weighted by molar-refractivity contribution is 14.1. The number of carbonyl (C=O) groups is 2. The van der Waals surface area contributed by atoms with Crippen molar-refractivity contribution in [3.63, 3.8) is 0 Å². The van der Waals surface area contributed by atoms with E-state index in [-0.39, 0.29) is 25.2 Å². The number of nitrogens with one attached hydrogen (secondary N) is 1. The minimum Gasteiger partial charge on any atom is -0.456 e. The third-order valence-electron chi connectivity index (χ3n) is 4.92. The Hall–Kier alpha value is 0.940. The van der Waals surface area contributed by atoms with Gasteiger partial charge in [0.15, 0.2) is 0 Å². The van der Waals surface area contributed by atoms with Gasteiger partial charge in [0.2, 0.25) is 0 Å². The van der Waals surface area contributed by atoms with Crippen molar-refractivity contribution in [2.45, 2.75) is 0 Å². The van der Waals surface area contributed by atoms with Crippen LogP contribution in [0.25, 0.3) is 0 Å². The second kappa shape index (κ2) is 14.9. The Morgan fingerprint density at radius 1 is 0.686 bits per heavy atom. The average molecular weight is 1150 g/mol. The van der Waals surface area contributed by atoms with Crippen molar-refractivity contribution in [3.8, 4) is 0 Å². The molecule has 0 bridgehead atoms. The Morgan fingerprint density at radius 3 is 1.94 bits per heavy atom. The lowest BCUT2D eigenvalue weighted by Crippen LogP contribution is -3.08. The highest BCUT2D eigenvalue weighted by Crippen LogP contribution is 2.25. The molecule has 11 heteroatoms. The van der Waals surface area contributed by atoms with Gasteiger partial charge in [-0.15, -0.1) is 0 Å². The first-order valence-electron chi connectivity index (χ1n) is 10.2. The molecule has 3 rings (SSSR count). The van der Waals surface area contributed by atoms with E-state index in [1.165, 1.54) is 0 Å². The summed E-state index contributed by atoms with van der Waals surface area (Å²) in [6.45, 7) is 1.62. The molecule has 0 aliphatic heterocycles. The Labute approximate surface area is 286 Å². The number of rotatable bonds is 9. The molecule has 35 heavy (non-hydrogen) atoms. The summed E-state index contributed by atoms with van der Waals surface area (Å²) in [4.78, 5) is 26.6. The number of hydrogen-bond acceptors (Lipinski definition) is 4. The number of esters is 2. The van der Waals surface area contributed by atoms with Crippen molar-refractivity contribution in [1.82, 2.24) is 0 Å². The Kier molecular flexibility index (Phi) is 13.0. The van der Waals surface area contributed by atoms with E-state index in [4.69, 9.17) is 9.47 Å². The summed E-state index contributed by atoms with van der Waals surface area (Å²) in [5, 5.41) is 0. The molecule has 5 nitrogen and oxygen atoms in total. The normalized spacial score (nSPS) is 11.7. The molecule has 0 spiro atoms. The second-order valence-electron chi connectivity index (χ2n) is 7.21. The monoisotopic (exact) mass is 1150 g/mol. The largest absolute Gasteiger partial charge is 0.456 e. The SMILES string of the molecule is O=C(OCC[NH+](CCOC(=O)c1c(I)ccc(I)c1I)c1ccccc1)c1cc(I)cc(I)c1I. The zero-order valence-electron chi connectivity index (χ0n) is 17.9. The van der Waals surface area contributed by atoms with Crippen molar-refractivity contribution in [2.24, 2.45) is 0 Å². The van der Waals surface area contributed by atoms with E-state index in [0.717, 1.165) is 32.0 Å². The maximum atomic E-state index is 12.8. The molecule has 0 saturated carbocycles. The molecule has 184 valence electrons. The third kappa shape index (κ3) is 8.72. The molecule has 3 aromatic rings. The van der Waals surface area contributed by atoms with Gasteiger partial charge in [-0.3, -0.25) is 4.90 Å². The fourth-order valence-electron chi connectivity index (χ4n) is 3.19. The van der Waals surface area contributed by atoms with Crippen LogP contribution in [0.15, 0.2) is 54.6 Å². The van der Waals surface area contributed by atoms with Crippen LogP contribution in [0.1, 0.15) is 20.7 Å². The molecule has 0 saturated heterocycles. The summed E-state index contributed by atoms with van der Waals surface area (Å²) >= 11 is 13.2. The summed E-state index contributed by atoms with van der Waals surface area (Å²) in [5.74, 6) is -0.647. The zero-order chi connectivity index (χ0) is 25.5. The smallest absolute Gasteiger partial charge is 0.340 e. The Bertz CT molecular complexity index is 1220. The van der Waals surface area contributed by atoms with Crippen LogP contribution in [-0.4, -0.2) is 38.2 Å². The van der Waals surface area contributed by atoms with Gasteiger partial charge in [0.1, 0.15) is 32.0 Å². The van der Waals surface area contributed by atoms with Gasteiger partial charge < -0.3 is 9.47 Å². The van der Waals surface area contributed by atoms with E-state index in [1.54, 1.807) is 0 Å². The average Bonchev–Trinajstić information content (AvgIpc) is 2.83. The van der Waals surface area contributed by atoms with Crippen LogP contribution in [0, 0.1) is 21.4 Å². The maximum Gasteiger partial charge on any atom is 0.340 e. The van der Waals surface area contributed by atoms with Gasteiger partial charge in [0, 0.05) is 21.4 Å². The van der Waals surface area contributed by atoms with Gasteiger partial charge in [-0.05, 0) is 172 Å². The summed E-state index contributed by atoms with van der Waals surface area (Å²) < 4.78 is 17.0. The zero-order valence-corrected chi connectivity index (χ0v) is 30.9. The number of benzene rings is 3. The van der Waals surface area contributed by atoms with Crippen molar-refractivity contribution < 1.29 is 24.0 Å². The van der Waals surface area contributed by atoms with Crippen LogP contribution in [0.4, 0.5) is 5.69 Å². The van der Waals surface area contributed by atoms with E-state index in [9.17, 15) is 9.59 Å². The number of hydrogen-bond donors (Lipinski definition) is 1.